The minimum Gasteiger partial charge on any atom is -0.330 e. The summed E-state index contributed by atoms with van der Waals surface area (Å²) in [7, 11) is 0. The van der Waals surface area contributed by atoms with Gasteiger partial charge in [0, 0.05) is 12.4 Å². The highest BCUT2D eigenvalue weighted by Crippen LogP contribution is 2.10. The lowest BCUT2D eigenvalue weighted by molar-refractivity contribution is 0.966. The van der Waals surface area contributed by atoms with E-state index < -0.39 is 0 Å². The third-order valence-electron chi connectivity index (χ3n) is 2.61. The standard InChI is InChI=1S/C14H16N2/c15-8-5-12-1-3-13(4-2-12)11-14-6-9-16-10-7-14/h1-4,6-7,9-10H,5,8,11,15H2. The van der Waals surface area contributed by atoms with Crippen LogP contribution < -0.4 is 5.73 Å². The Morgan fingerprint density at radius 3 is 2.00 bits per heavy atom. The Balaban J connectivity index is 2.05. The number of rotatable bonds is 4. The molecule has 0 fully saturated rings. The van der Waals surface area contributed by atoms with E-state index in [1.54, 1.807) is 0 Å². The molecular formula is C14H16N2. The second-order valence-electron chi connectivity index (χ2n) is 3.89. The fraction of sp³-hybridized carbons (Fsp3) is 0.214. The molecule has 0 aliphatic carbocycles. The van der Waals surface area contributed by atoms with E-state index in [0.29, 0.717) is 6.54 Å². The van der Waals surface area contributed by atoms with E-state index in [1.165, 1.54) is 16.7 Å². The normalized spacial score (nSPS) is 10.3. The molecule has 1 heterocycles. The molecule has 1 aromatic heterocycles. The Morgan fingerprint density at radius 1 is 0.812 bits per heavy atom. The van der Waals surface area contributed by atoms with Gasteiger partial charge in [-0.3, -0.25) is 4.98 Å². The van der Waals surface area contributed by atoms with Crippen LogP contribution in [0.3, 0.4) is 0 Å². The Labute approximate surface area is 96.1 Å². The van der Waals surface area contributed by atoms with Crippen LogP contribution in [-0.4, -0.2) is 11.5 Å². The van der Waals surface area contributed by atoms with Crippen LogP contribution in [0.1, 0.15) is 16.7 Å². The second kappa shape index (κ2) is 5.42. The monoisotopic (exact) mass is 212 g/mol. The van der Waals surface area contributed by atoms with Crippen LogP contribution in [-0.2, 0) is 12.8 Å². The molecule has 82 valence electrons. The highest BCUT2D eigenvalue weighted by atomic mass is 14.6. The molecule has 2 rings (SSSR count). The first-order valence-electron chi connectivity index (χ1n) is 5.55. The van der Waals surface area contributed by atoms with Crippen LogP contribution in [0.2, 0.25) is 0 Å². The number of hydrogen-bond donors (Lipinski definition) is 1. The van der Waals surface area contributed by atoms with Gasteiger partial charge < -0.3 is 5.73 Å². The summed E-state index contributed by atoms with van der Waals surface area (Å²) in [6, 6.07) is 12.8. The van der Waals surface area contributed by atoms with E-state index >= 15 is 0 Å². The second-order valence-corrected chi connectivity index (χ2v) is 3.89. The van der Waals surface area contributed by atoms with Crippen molar-refractivity contribution >= 4 is 0 Å². The van der Waals surface area contributed by atoms with Gasteiger partial charge in [0.1, 0.15) is 0 Å². The number of hydrogen-bond acceptors (Lipinski definition) is 2. The molecule has 2 aromatic rings. The maximum absolute atomic E-state index is 5.52. The van der Waals surface area contributed by atoms with E-state index in [2.05, 4.69) is 29.2 Å². The number of benzene rings is 1. The van der Waals surface area contributed by atoms with Crippen molar-refractivity contribution in [3.8, 4) is 0 Å². The smallest absolute Gasteiger partial charge is 0.0270 e. The molecule has 0 saturated carbocycles. The molecule has 2 nitrogen and oxygen atoms in total. The fourth-order valence-electron chi connectivity index (χ4n) is 1.73. The minimum absolute atomic E-state index is 0.712. The Morgan fingerprint density at radius 2 is 1.38 bits per heavy atom. The summed E-state index contributed by atoms with van der Waals surface area (Å²) >= 11 is 0. The van der Waals surface area contributed by atoms with Crippen molar-refractivity contribution in [1.29, 1.82) is 0 Å². The lowest BCUT2D eigenvalue weighted by Gasteiger charge is -2.03. The maximum Gasteiger partial charge on any atom is 0.0270 e. The van der Waals surface area contributed by atoms with E-state index in [0.717, 1.165) is 12.8 Å². The quantitative estimate of drug-likeness (QED) is 0.843. The zero-order chi connectivity index (χ0) is 11.2. The average molecular weight is 212 g/mol. The van der Waals surface area contributed by atoms with Crippen LogP contribution in [0.5, 0.6) is 0 Å². The van der Waals surface area contributed by atoms with Crippen molar-refractivity contribution < 1.29 is 0 Å². The van der Waals surface area contributed by atoms with Gasteiger partial charge in [0.25, 0.3) is 0 Å². The molecule has 0 unspecified atom stereocenters. The van der Waals surface area contributed by atoms with Gasteiger partial charge in [-0.05, 0) is 48.2 Å². The zero-order valence-corrected chi connectivity index (χ0v) is 9.26. The molecule has 0 atom stereocenters. The third-order valence-corrected chi connectivity index (χ3v) is 2.61. The van der Waals surface area contributed by atoms with Crippen LogP contribution >= 0.6 is 0 Å². The SMILES string of the molecule is NCCc1ccc(Cc2ccncc2)cc1. The Hall–Kier alpha value is -1.67. The summed E-state index contributed by atoms with van der Waals surface area (Å²) in [6.07, 6.45) is 5.58. The van der Waals surface area contributed by atoms with Crippen molar-refractivity contribution in [2.24, 2.45) is 5.73 Å². The molecule has 0 radical (unpaired) electrons. The first-order chi connectivity index (χ1) is 7.88. The van der Waals surface area contributed by atoms with Crippen LogP contribution in [0.4, 0.5) is 0 Å². The fourth-order valence-corrected chi connectivity index (χ4v) is 1.73. The molecule has 2 N–H and O–H groups in total. The van der Waals surface area contributed by atoms with Crippen molar-refractivity contribution in [3.05, 3.63) is 65.5 Å². The first kappa shape index (κ1) is 10.8. The third kappa shape index (κ3) is 2.91. The summed E-state index contributed by atoms with van der Waals surface area (Å²) in [5, 5.41) is 0. The highest BCUT2D eigenvalue weighted by Gasteiger charge is 1.96. The van der Waals surface area contributed by atoms with Gasteiger partial charge >= 0.3 is 0 Å². The van der Waals surface area contributed by atoms with E-state index in [1.807, 2.05) is 24.5 Å². The van der Waals surface area contributed by atoms with Gasteiger partial charge in [-0.2, -0.15) is 0 Å². The summed E-state index contributed by atoms with van der Waals surface area (Å²) in [5.41, 5.74) is 9.44. The number of nitrogens with two attached hydrogens (primary N) is 1. The predicted molar refractivity (Wildman–Crippen MR) is 66.2 cm³/mol. The predicted octanol–water partition coefficient (Wildman–Crippen LogP) is 2.17. The minimum atomic E-state index is 0.712. The summed E-state index contributed by atoms with van der Waals surface area (Å²) in [4.78, 5) is 4.01. The van der Waals surface area contributed by atoms with Gasteiger partial charge in [-0.25, -0.2) is 0 Å². The van der Waals surface area contributed by atoms with Crippen LogP contribution in [0.25, 0.3) is 0 Å². The summed E-state index contributed by atoms with van der Waals surface area (Å²) in [6.45, 7) is 0.712. The Kier molecular flexibility index (Phi) is 3.67. The lowest BCUT2D eigenvalue weighted by atomic mass is 10.0. The molecular weight excluding hydrogens is 196 g/mol. The lowest BCUT2D eigenvalue weighted by Crippen LogP contribution is -2.02. The molecule has 16 heavy (non-hydrogen) atoms. The Bertz CT molecular complexity index is 420. The van der Waals surface area contributed by atoms with Gasteiger partial charge in [0.2, 0.25) is 0 Å². The van der Waals surface area contributed by atoms with Crippen molar-refractivity contribution in [2.45, 2.75) is 12.8 Å². The van der Waals surface area contributed by atoms with E-state index in [4.69, 9.17) is 5.73 Å². The molecule has 0 aliphatic rings. The molecule has 0 aliphatic heterocycles. The van der Waals surface area contributed by atoms with Crippen LogP contribution in [0, 0.1) is 0 Å². The molecule has 0 bridgehead atoms. The first-order valence-corrected chi connectivity index (χ1v) is 5.55. The topological polar surface area (TPSA) is 38.9 Å². The number of pyridine rings is 1. The highest BCUT2D eigenvalue weighted by molar-refractivity contribution is 5.27. The number of aromatic nitrogens is 1. The van der Waals surface area contributed by atoms with E-state index in [-0.39, 0.29) is 0 Å². The number of nitrogens with zero attached hydrogens (tertiary/aromatic N) is 1. The summed E-state index contributed by atoms with van der Waals surface area (Å²) in [5.74, 6) is 0. The van der Waals surface area contributed by atoms with Gasteiger partial charge in [0.05, 0.1) is 0 Å². The molecule has 2 heteroatoms. The maximum atomic E-state index is 5.52. The van der Waals surface area contributed by atoms with Crippen molar-refractivity contribution in [2.75, 3.05) is 6.54 Å². The largest absolute Gasteiger partial charge is 0.330 e. The molecule has 0 saturated heterocycles. The van der Waals surface area contributed by atoms with E-state index in [9.17, 15) is 0 Å². The molecule has 0 spiro atoms. The average Bonchev–Trinajstić information content (AvgIpc) is 2.33. The summed E-state index contributed by atoms with van der Waals surface area (Å²) < 4.78 is 0. The molecule has 1 aromatic carbocycles. The van der Waals surface area contributed by atoms with Crippen molar-refractivity contribution in [3.63, 3.8) is 0 Å². The van der Waals surface area contributed by atoms with Gasteiger partial charge in [-0.1, -0.05) is 24.3 Å². The van der Waals surface area contributed by atoms with Gasteiger partial charge in [-0.15, -0.1) is 0 Å². The molecule has 0 amide bonds. The van der Waals surface area contributed by atoms with Gasteiger partial charge in [0.15, 0.2) is 0 Å². The van der Waals surface area contributed by atoms with Crippen LogP contribution in [0.15, 0.2) is 48.8 Å². The zero-order valence-electron chi connectivity index (χ0n) is 9.26. The van der Waals surface area contributed by atoms with Crippen molar-refractivity contribution in [1.82, 2.24) is 4.98 Å².